The molecule has 0 aliphatic carbocycles. The molecular formula is C15H23ClN2O3. The first-order valence-corrected chi connectivity index (χ1v) is 7.53. The largest absolute Gasteiger partial charge is 0.351 e. The van der Waals surface area contributed by atoms with Gasteiger partial charge in [-0.3, -0.25) is 0 Å². The zero-order valence-electron chi connectivity index (χ0n) is 12.5. The van der Waals surface area contributed by atoms with Gasteiger partial charge in [0.15, 0.2) is 6.29 Å². The van der Waals surface area contributed by atoms with Crippen molar-refractivity contribution in [2.24, 2.45) is 0 Å². The highest BCUT2D eigenvalue weighted by Gasteiger charge is 2.09. The minimum absolute atomic E-state index is 0.244. The van der Waals surface area contributed by atoms with Gasteiger partial charge in [-0.05, 0) is 31.9 Å². The summed E-state index contributed by atoms with van der Waals surface area (Å²) in [6.45, 7) is 5.69. The summed E-state index contributed by atoms with van der Waals surface area (Å²) in [4.78, 5) is 11.7. The number of ether oxygens (including phenoxy) is 2. The number of carbonyl (C=O) groups excluding carboxylic acids is 1. The SMILES string of the molecule is CCOC(CNC(=O)NCCc1ccccc1Cl)OCC. The Morgan fingerprint density at radius 3 is 2.48 bits per heavy atom. The predicted molar refractivity (Wildman–Crippen MR) is 83.6 cm³/mol. The molecule has 0 spiro atoms. The van der Waals surface area contributed by atoms with Crippen molar-refractivity contribution in [3.63, 3.8) is 0 Å². The minimum Gasteiger partial charge on any atom is -0.351 e. The number of carbonyl (C=O) groups is 1. The standard InChI is InChI=1S/C15H23ClN2O3/c1-3-20-14(21-4-2)11-18-15(19)17-10-9-12-7-5-6-8-13(12)16/h5-8,14H,3-4,9-11H2,1-2H3,(H2,17,18,19). The van der Waals surface area contributed by atoms with E-state index in [1.54, 1.807) is 0 Å². The second-order valence-electron chi connectivity index (χ2n) is 4.32. The van der Waals surface area contributed by atoms with Crippen molar-refractivity contribution in [3.8, 4) is 0 Å². The summed E-state index contributed by atoms with van der Waals surface area (Å²) in [5, 5.41) is 6.21. The number of amides is 2. The van der Waals surface area contributed by atoms with Crippen molar-refractivity contribution >= 4 is 17.6 Å². The van der Waals surface area contributed by atoms with Crippen LogP contribution in [-0.2, 0) is 15.9 Å². The third-order valence-corrected chi connectivity index (χ3v) is 3.14. The summed E-state index contributed by atoms with van der Waals surface area (Å²) in [5.74, 6) is 0. The van der Waals surface area contributed by atoms with E-state index in [-0.39, 0.29) is 6.03 Å². The number of rotatable bonds is 9. The van der Waals surface area contributed by atoms with Gasteiger partial charge in [0.05, 0.1) is 6.54 Å². The maximum absolute atomic E-state index is 11.7. The fraction of sp³-hybridized carbons (Fsp3) is 0.533. The first kappa shape index (κ1) is 17.8. The van der Waals surface area contributed by atoms with Gasteiger partial charge < -0.3 is 20.1 Å². The topological polar surface area (TPSA) is 59.6 Å². The summed E-state index contributed by atoms with van der Waals surface area (Å²) in [6.07, 6.45) is 0.280. The van der Waals surface area contributed by atoms with E-state index < -0.39 is 6.29 Å². The second kappa shape index (κ2) is 10.4. The smallest absolute Gasteiger partial charge is 0.314 e. The van der Waals surface area contributed by atoms with Gasteiger partial charge >= 0.3 is 6.03 Å². The molecule has 0 atom stereocenters. The zero-order valence-corrected chi connectivity index (χ0v) is 13.3. The van der Waals surface area contributed by atoms with Crippen molar-refractivity contribution in [2.75, 3.05) is 26.3 Å². The van der Waals surface area contributed by atoms with Crippen LogP contribution >= 0.6 is 11.6 Å². The number of benzene rings is 1. The molecular weight excluding hydrogens is 292 g/mol. The molecule has 0 aromatic heterocycles. The van der Waals surface area contributed by atoms with E-state index in [9.17, 15) is 4.79 Å². The lowest BCUT2D eigenvalue weighted by Crippen LogP contribution is -2.42. The summed E-state index contributed by atoms with van der Waals surface area (Å²) in [5.41, 5.74) is 1.01. The van der Waals surface area contributed by atoms with Gasteiger partial charge in [-0.2, -0.15) is 0 Å². The van der Waals surface area contributed by atoms with Gasteiger partial charge in [-0.1, -0.05) is 29.8 Å². The monoisotopic (exact) mass is 314 g/mol. The van der Waals surface area contributed by atoms with Crippen molar-refractivity contribution in [2.45, 2.75) is 26.6 Å². The molecule has 0 heterocycles. The molecule has 1 aromatic rings. The summed E-state index contributed by atoms with van der Waals surface area (Å²) in [6, 6.07) is 7.35. The first-order chi connectivity index (χ1) is 10.2. The predicted octanol–water partition coefficient (Wildman–Crippen LogP) is 2.58. The van der Waals surface area contributed by atoms with Crippen LogP contribution in [0.3, 0.4) is 0 Å². The molecule has 0 bridgehead atoms. The molecule has 0 aliphatic rings. The first-order valence-electron chi connectivity index (χ1n) is 7.15. The molecule has 2 amide bonds. The summed E-state index contributed by atoms with van der Waals surface area (Å²) < 4.78 is 10.7. The van der Waals surface area contributed by atoms with Crippen LogP contribution in [0.1, 0.15) is 19.4 Å². The maximum Gasteiger partial charge on any atom is 0.314 e. The lowest BCUT2D eigenvalue weighted by molar-refractivity contribution is -0.131. The Hall–Kier alpha value is -1.30. The zero-order chi connectivity index (χ0) is 15.5. The quantitative estimate of drug-likeness (QED) is 0.689. The van der Waals surface area contributed by atoms with Crippen LogP contribution in [0.4, 0.5) is 4.79 Å². The molecule has 118 valence electrons. The second-order valence-corrected chi connectivity index (χ2v) is 4.73. The number of urea groups is 1. The third kappa shape index (κ3) is 7.32. The molecule has 5 nitrogen and oxygen atoms in total. The van der Waals surface area contributed by atoms with Crippen molar-refractivity contribution in [3.05, 3.63) is 34.9 Å². The van der Waals surface area contributed by atoms with E-state index in [1.807, 2.05) is 38.1 Å². The van der Waals surface area contributed by atoms with Gasteiger partial charge in [0.2, 0.25) is 0 Å². The molecule has 0 fully saturated rings. The number of hydrogen-bond donors (Lipinski definition) is 2. The van der Waals surface area contributed by atoms with E-state index in [0.717, 1.165) is 5.56 Å². The Bertz CT molecular complexity index is 423. The van der Waals surface area contributed by atoms with E-state index in [4.69, 9.17) is 21.1 Å². The Morgan fingerprint density at radius 1 is 1.19 bits per heavy atom. The van der Waals surface area contributed by atoms with E-state index >= 15 is 0 Å². The Labute approximate surface area is 131 Å². The van der Waals surface area contributed by atoms with Gasteiger partial charge in [-0.25, -0.2) is 4.79 Å². The van der Waals surface area contributed by atoms with Crippen LogP contribution < -0.4 is 10.6 Å². The van der Waals surface area contributed by atoms with Crippen molar-refractivity contribution in [1.29, 1.82) is 0 Å². The van der Waals surface area contributed by atoms with Crippen molar-refractivity contribution in [1.82, 2.24) is 10.6 Å². The van der Waals surface area contributed by atoms with Crippen LogP contribution in [0.25, 0.3) is 0 Å². The van der Waals surface area contributed by atoms with Gasteiger partial charge in [0.1, 0.15) is 0 Å². The molecule has 0 aliphatic heterocycles. The fourth-order valence-corrected chi connectivity index (χ4v) is 2.02. The number of nitrogens with one attached hydrogen (secondary N) is 2. The molecule has 21 heavy (non-hydrogen) atoms. The summed E-state index contributed by atoms with van der Waals surface area (Å²) in [7, 11) is 0. The molecule has 2 N–H and O–H groups in total. The highest BCUT2D eigenvalue weighted by atomic mass is 35.5. The summed E-state index contributed by atoms with van der Waals surface area (Å²) >= 11 is 6.05. The van der Waals surface area contributed by atoms with E-state index in [0.29, 0.717) is 37.7 Å². The Morgan fingerprint density at radius 2 is 1.86 bits per heavy atom. The molecule has 0 unspecified atom stereocenters. The molecule has 1 rings (SSSR count). The highest BCUT2D eigenvalue weighted by Crippen LogP contribution is 2.14. The van der Waals surface area contributed by atoms with E-state index in [1.165, 1.54) is 0 Å². The third-order valence-electron chi connectivity index (χ3n) is 2.77. The Kier molecular flexibility index (Phi) is 8.82. The van der Waals surface area contributed by atoms with E-state index in [2.05, 4.69) is 10.6 Å². The highest BCUT2D eigenvalue weighted by molar-refractivity contribution is 6.31. The average molecular weight is 315 g/mol. The number of hydrogen-bond acceptors (Lipinski definition) is 3. The van der Waals surface area contributed by atoms with Crippen LogP contribution in [0.5, 0.6) is 0 Å². The molecule has 0 saturated heterocycles. The lowest BCUT2D eigenvalue weighted by atomic mass is 10.1. The van der Waals surface area contributed by atoms with Gasteiger partial charge in [0.25, 0.3) is 0 Å². The number of halogens is 1. The fourth-order valence-electron chi connectivity index (χ4n) is 1.79. The van der Waals surface area contributed by atoms with Gasteiger partial charge in [-0.15, -0.1) is 0 Å². The maximum atomic E-state index is 11.7. The molecule has 0 saturated carbocycles. The van der Waals surface area contributed by atoms with Crippen molar-refractivity contribution < 1.29 is 14.3 Å². The molecule has 0 radical (unpaired) electrons. The van der Waals surface area contributed by atoms with Crippen LogP contribution in [0.15, 0.2) is 24.3 Å². The Balaban J connectivity index is 2.23. The normalized spacial score (nSPS) is 10.7. The van der Waals surface area contributed by atoms with Crippen LogP contribution in [-0.4, -0.2) is 38.6 Å². The van der Waals surface area contributed by atoms with Crippen LogP contribution in [0.2, 0.25) is 5.02 Å². The molecule has 6 heteroatoms. The lowest BCUT2D eigenvalue weighted by Gasteiger charge is -2.17. The van der Waals surface area contributed by atoms with Crippen LogP contribution in [0, 0.1) is 0 Å². The minimum atomic E-state index is -0.408. The molecule has 1 aromatic carbocycles. The van der Waals surface area contributed by atoms with Gasteiger partial charge in [0, 0.05) is 24.8 Å². The average Bonchev–Trinajstić information content (AvgIpc) is 2.47.